The van der Waals surface area contributed by atoms with Crippen LogP contribution in [-0.2, 0) is 0 Å². The van der Waals surface area contributed by atoms with Crippen LogP contribution in [0.5, 0.6) is 0 Å². The number of aromatic amines is 1. The molecule has 1 aromatic carbocycles. The van der Waals surface area contributed by atoms with Crippen LogP contribution in [-0.4, -0.2) is 61.1 Å². The first kappa shape index (κ1) is 15.6. The average molecular weight is 327 g/mol. The number of anilines is 1. The second kappa shape index (κ2) is 6.20. The molecule has 0 radical (unpaired) electrons. The topological polar surface area (TPSA) is 54.6 Å². The maximum absolute atomic E-state index is 12.4. The Kier molecular flexibility index (Phi) is 4.04. The number of benzene rings is 1. The highest BCUT2D eigenvalue weighted by atomic mass is 16.1. The van der Waals surface area contributed by atoms with Crippen LogP contribution in [0, 0.1) is 0 Å². The molecule has 6 nitrogen and oxygen atoms in total. The minimum Gasteiger partial charge on any atom is -0.307 e. The first-order valence-electron chi connectivity index (χ1n) is 8.73. The Bertz CT molecular complexity index is 794. The number of pyridine rings is 1. The molecule has 0 aliphatic carbocycles. The highest BCUT2D eigenvalue weighted by Crippen LogP contribution is 2.34. The van der Waals surface area contributed by atoms with E-state index in [9.17, 15) is 4.79 Å². The Hall–Kier alpha value is -1.89. The lowest BCUT2D eigenvalue weighted by Gasteiger charge is -2.33. The first-order chi connectivity index (χ1) is 11.6. The number of hydrazine groups is 1. The van der Waals surface area contributed by atoms with E-state index in [0.29, 0.717) is 0 Å². The van der Waals surface area contributed by atoms with E-state index in [4.69, 9.17) is 0 Å². The van der Waals surface area contributed by atoms with Crippen molar-refractivity contribution in [1.82, 2.24) is 20.2 Å². The summed E-state index contributed by atoms with van der Waals surface area (Å²) in [5.74, 6) is 0.931. The Morgan fingerprint density at radius 1 is 1.08 bits per heavy atom. The van der Waals surface area contributed by atoms with Crippen LogP contribution in [0.2, 0.25) is 0 Å². The summed E-state index contributed by atoms with van der Waals surface area (Å²) < 4.78 is 0. The van der Waals surface area contributed by atoms with Gasteiger partial charge in [0, 0.05) is 50.2 Å². The Balaban J connectivity index is 1.57. The van der Waals surface area contributed by atoms with E-state index >= 15 is 0 Å². The van der Waals surface area contributed by atoms with E-state index in [2.05, 4.69) is 39.2 Å². The van der Waals surface area contributed by atoms with E-state index in [1.807, 2.05) is 24.3 Å². The van der Waals surface area contributed by atoms with Gasteiger partial charge in [-0.2, -0.15) is 0 Å². The largest absolute Gasteiger partial charge is 0.307 e. The summed E-state index contributed by atoms with van der Waals surface area (Å²) in [6, 6.07) is 8.07. The summed E-state index contributed by atoms with van der Waals surface area (Å²) in [6.07, 6.45) is 0. The van der Waals surface area contributed by atoms with E-state index in [1.165, 1.54) is 5.56 Å². The summed E-state index contributed by atoms with van der Waals surface area (Å²) in [4.78, 5) is 20.4. The standard InChI is InChI=1S/C18H25N5O/c1-13-16-14-5-3-4-6-15(14)18(24)19-17(16)23(20-13)12-11-22-9-7-21(2)8-10-22/h3-6,13,20H,7-12H2,1-2H3,(H,19,24). The number of fused-ring (bicyclic) bond motifs is 3. The van der Waals surface area contributed by atoms with Crippen LogP contribution in [0.4, 0.5) is 5.82 Å². The molecule has 4 rings (SSSR count). The third-order valence-corrected chi connectivity index (χ3v) is 5.24. The number of H-pyrrole nitrogens is 1. The average Bonchev–Trinajstić information content (AvgIpc) is 2.90. The van der Waals surface area contributed by atoms with Crippen LogP contribution >= 0.6 is 0 Å². The highest BCUT2D eigenvalue weighted by molar-refractivity contribution is 5.89. The summed E-state index contributed by atoms with van der Waals surface area (Å²) >= 11 is 0. The molecular formula is C18H25N5O. The lowest BCUT2D eigenvalue weighted by molar-refractivity contribution is 0.156. The van der Waals surface area contributed by atoms with Crippen LogP contribution < -0.4 is 16.0 Å². The first-order valence-corrected chi connectivity index (χ1v) is 8.73. The van der Waals surface area contributed by atoms with Gasteiger partial charge in [0.25, 0.3) is 5.56 Å². The van der Waals surface area contributed by atoms with Crippen molar-refractivity contribution in [2.24, 2.45) is 0 Å². The number of piperazine rings is 1. The Morgan fingerprint density at radius 3 is 2.54 bits per heavy atom. The van der Waals surface area contributed by atoms with E-state index in [-0.39, 0.29) is 11.6 Å². The molecule has 1 atom stereocenters. The monoisotopic (exact) mass is 327 g/mol. The van der Waals surface area contributed by atoms with Gasteiger partial charge in [0.05, 0.1) is 6.04 Å². The molecule has 1 fully saturated rings. The number of nitrogens with zero attached hydrogens (tertiary/aromatic N) is 3. The number of hydrogen-bond donors (Lipinski definition) is 2. The number of likely N-dealkylation sites (N-methyl/N-ethyl adjacent to an activating group) is 1. The van der Waals surface area contributed by atoms with Gasteiger partial charge in [-0.05, 0) is 25.4 Å². The molecule has 0 spiro atoms. The molecule has 2 N–H and O–H groups in total. The predicted octanol–water partition coefficient (Wildman–Crippen LogP) is 1.16. The smallest absolute Gasteiger partial charge is 0.257 e. The van der Waals surface area contributed by atoms with Gasteiger partial charge in [0.15, 0.2) is 0 Å². The molecule has 1 aromatic heterocycles. The minimum atomic E-state index is -0.00940. The van der Waals surface area contributed by atoms with E-state index < -0.39 is 0 Å². The molecule has 2 aliphatic heterocycles. The van der Waals surface area contributed by atoms with Crippen molar-refractivity contribution < 1.29 is 0 Å². The number of hydrogen-bond acceptors (Lipinski definition) is 5. The van der Waals surface area contributed by atoms with Crippen LogP contribution in [0.15, 0.2) is 29.1 Å². The van der Waals surface area contributed by atoms with Gasteiger partial charge >= 0.3 is 0 Å². The molecule has 0 bridgehead atoms. The quantitative estimate of drug-likeness (QED) is 0.886. The molecule has 24 heavy (non-hydrogen) atoms. The van der Waals surface area contributed by atoms with Crippen molar-refractivity contribution in [2.75, 3.05) is 51.3 Å². The van der Waals surface area contributed by atoms with Crippen molar-refractivity contribution in [3.05, 3.63) is 40.2 Å². The normalized spacial score (nSPS) is 22.2. The van der Waals surface area contributed by atoms with Crippen LogP contribution in [0.25, 0.3) is 10.8 Å². The lowest BCUT2D eigenvalue weighted by Crippen LogP contribution is -2.48. The van der Waals surface area contributed by atoms with Gasteiger partial charge < -0.3 is 9.88 Å². The lowest BCUT2D eigenvalue weighted by atomic mass is 10.0. The second-order valence-corrected chi connectivity index (χ2v) is 6.91. The zero-order chi connectivity index (χ0) is 16.7. The molecule has 0 saturated carbocycles. The Morgan fingerprint density at radius 2 is 1.79 bits per heavy atom. The number of rotatable bonds is 3. The fourth-order valence-electron chi connectivity index (χ4n) is 3.79. The third-order valence-electron chi connectivity index (χ3n) is 5.24. The molecule has 0 amide bonds. The van der Waals surface area contributed by atoms with Crippen LogP contribution in [0.3, 0.4) is 0 Å². The second-order valence-electron chi connectivity index (χ2n) is 6.91. The van der Waals surface area contributed by atoms with Gasteiger partial charge in [0.2, 0.25) is 0 Å². The van der Waals surface area contributed by atoms with E-state index in [1.54, 1.807) is 0 Å². The molecule has 1 unspecified atom stereocenters. The fourth-order valence-corrected chi connectivity index (χ4v) is 3.79. The van der Waals surface area contributed by atoms with Gasteiger partial charge in [-0.3, -0.25) is 14.7 Å². The Labute approximate surface area is 142 Å². The minimum absolute atomic E-state index is 0.00940. The molecule has 2 aliphatic rings. The highest BCUT2D eigenvalue weighted by Gasteiger charge is 2.29. The summed E-state index contributed by atoms with van der Waals surface area (Å²) in [7, 11) is 2.17. The zero-order valence-electron chi connectivity index (χ0n) is 14.4. The third kappa shape index (κ3) is 2.70. The molecular weight excluding hydrogens is 302 g/mol. The van der Waals surface area contributed by atoms with Crippen molar-refractivity contribution in [1.29, 1.82) is 0 Å². The van der Waals surface area contributed by atoms with Gasteiger partial charge in [-0.1, -0.05) is 18.2 Å². The molecule has 128 valence electrons. The van der Waals surface area contributed by atoms with Crippen molar-refractivity contribution in [2.45, 2.75) is 13.0 Å². The predicted molar refractivity (Wildman–Crippen MR) is 97.4 cm³/mol. The maximum Gasteiger partial charge on any atom is 0.257 e. The van der Waals surface area contributed by atoms with Crippen molar-refractivity contribution in [3.63, 3.8) is 0 Å². The van der Waals surface area contributed by atoms with Gasteiger partial charge in [-0.25, -0.2) is 5.43 Å². The van der Waals surface area contributed by atoms with E-state index in [0.717, 1.165) is 55.9 Å². The van der Waals surface area contributed by atoms with Gasteiger partial charge in [0.1, 0.15) is 5.82 Å². The summed E-state index contributed by atoms with van der Waals surface area (Å²) in [5, 5.41) is 3.94. The molecule has 2 aromatic rings. The number of aromatic nitrogens is 1. The van der Waals surface area contributed by atoms with Gasteiger partial charge in [-0.15, -0.1) is 0 Å². The fraction of sp³-hybridized carbons (Fsp3) is 0.500. The zero-order valence-corrected chi connectivity index (χ0v) is 14.4. The summed E-state index contributed by atoms with van der Waals surface area (Å²) in [6.45, 7) is 8.50. The number of nitrogens with one attached hydrogen (secondary N) is 2. The summed E-state index contributed by atoms with van der Waals surface area (Å²) in [5.41, 5.74) is 4.70. The maximum atomic E-state index is 12.4. The molecule has 6 heteroatoms. The molecule has 3 heterocycles. The SMILES string of the molecule is CC1NN(CCN2CCN(C)CC2)c2[nH]c(=O)c3ccccc3c21. The van der Waals surface area contributed by atoms with Crippen molar-refractivity contribution >= 4 is 16.6 Å². The van der Waals surface area contributed by atoms with Crippen LogP contribution in [0.1, 0.15) is 18.5 Å². The van der Waals surface area contributed by atoms with Crippen molar-refractivity contribution in [3.8, 4) is 0 Å². The molecule has 1 saturated heterocycles.